The summed E-state index contributed by atoms with van der Waals surface area (Å²) in [5.41, 5.74) is 7.21. The van der Waals surface area contributed by atoms with Gasteiger partial charge < -0.3 is 41.6 Å². The topological polar surface area (TPSA) is 215 Å². The van der Waals surface area contributed by atoms with Gasteiger partial charge in [-0.15, -0.1) is 0 Å². The van der Waals surface area contributed by atoms with E-state index in [0.717, 1.165) is 10.9 Å². The van der Waals surface area contributed by atoms with Crippen LogP contribution in [0.4, 0.5) is 0 Å². The molecule has 1 aromatic heterocycles. The normalized spacial score (nSPS) is 18.4. The summed E-state index contributed by atoms with van der Waals surface area (Å²) >= 11 is 0. The molecule has 5 unspecified atom stereocenters. The highest BCUT2D eigenvalue weighted by atomic mass is 16.4. The second-order valence-corrected chi connectivity index (χ2v) is 9.41. The van der Waals surface area contributed by atoms with Crippen LogP contribution in [0.25, 0.3) is 10.9 Å². The molecule has 0 spiro atoms. The Hall–Kier alpha value is -3.97. The Balaban J connectivity index is 1.74. The predicted molar refractivity (Wildman–Crippen MR) is 135 cm³/mol. The lowest BCUT2D eigenvalue weighted by atomic mass is 10.0. The fourth-order valence-electron chi connectivity index (χ4n) is 4.50. The van der Waals surface area contributed by atoms with Crippen molar-refractivity contribution in [3.8, 4) is 0 Å². The first kappa shape index (κ1) is 28.6. The number of carbonyl (C=O) groups is 5. The first-order valence-corrected chi connectivity index (χ1v) is 12.3. The molecule has 8 N–H and O–H groups in total. The van der Waals surface area contributed by atoms with Crippen LogP contribution in [0.3, 0.4) is 0 Å². The number of benzene rings is 1. The van der Waals surface area contributed by atoms with Crippen molar-refractivity contribution in [1.29, 1.82) is 0 Å². The van der Waals surface area contributed by atoms with Crippen LogP contribution in [-0.4, -0.2) is 91.7 Å². The molecular weight excluding hydrogens is 498 g/mol. The molecule has 0 saturated carbocycles. The van der Waals surface area contributed by atoms with Gasteiger partial charge in [-0.2, -0.15) is 0 Å². The second-order valence-electron chi connectivity index (χ2n) is 9.41. The van der Waals surface area contributed by atoms with Crippen LogP contribution in [0.2, 0.25) is 0 Å². The third-order valence-electron chi connectivity index (χ3n) is 6.64. The molecule has 13 nitrogen and oxygen atoms in total. The zero-order chi connectivity index (χ0) is 28.0. The van der Waals surface area contributed by atoms with E-state index >= 15 is 0 Å². The van der Waals surface area contributed by atoms with Crippen LogP contribution in [0.5, 0.6) is 0 Å². The third kappa shape index (κ3) is 6.86. The van der Waals surface area contributed by atoms with E-state index in [2.05, 4.69) is 15.6 Å². The Bertz CT molecular complexity index is 1200. The van der Waals surface area contributed by atoms with E-state index in [1.807, 2.05) is 18.2 Å². The Labute approximate surface area is 218 Å². The number of hydrogen-bond acceptors (Lipinski definition) is 7. The zero-order valence-electron chi connectivity index (χ0n) is 20.9. The van der Waals surface area contributed by atoms with Gasteiger partial charge in [0.25, 0.3) is 0 Å². The Kier molecular flexibility index (Phi) is 9.42. The van der Waals surface area contributed by atoms with Gasteiger partial charge in [-0.3, -0.25) is 19.2 Å². The number of nitrogens with zero attached hydrogens (tertiary/aromatic N) is 1. The fourth-order valence-corrected chi connectivity index (χ4v) is 4.50. The van der Waals surface area contributed by atoms with E-state index in [9.17, 15) is 34.2 Å². The van der Waals surface area contributed by atoms with Gasteiger partial charge in [0, 0.05) is 36.5 Å². The van der Waals surface area contributed by atoms with Gasteiger partial charge in [-0.05, 0) is 37.8 Å². The molecule has 3 rings (SSSR count). The molecule has 1 aliphatic rings. The van der Waals surface area contributed by atoms with Crippen LogP contribution < -0.4 is 16.4 Å². The van der Waals surface area contributed by atoms with Gasteiger partial charge in [0.15, 0.2) is 0 Å². The van der Waals surface area contributed by atoms with Crippen molar-refractivity contribution in [2.45, 2.75) is 69.3 Å². The van der Waals surface area contributed by atoms with E-state index in [-0.39, 0.29) is 25.8 Å². The average Bonchev–Trinajstić information content (AvgIpc) is 3.52. The third-order valence-corrected chi connectivity index (χ3v) is 6.64. The Morgan fingerprint density at radius 3 is 2.50 bits per heavy atom. The van der Waals surface area contributed by atoms with Gasteiger partial charge in [-0.25, -0.2) is 4.79 Å². The lowest BCUT2D eigenvalue weighted by Gasteiger charge is -2.29. The standard InChI is InChI=1S/C25H33N5O8/c1-13(31)21(26)24(36)30-10-4-7-19(30)23(35)28-17(8-9-20(32)33)22(34)29-18(25(37)38)11-14-12-27-16-6-3-2-5-15(14)16/h2-3,5-6,12-13,17-19,21,27,31H,4,7-11,26H2,1H3,(H,28,35)(H,29,34)(H,32,33)(H,37,38). The number of hydrogen-bond donors (Lipinski definition) is 7. The van der Waals surface area contributed by atoms with Gasteiger partial charge in [0.05, 0.1) is 6.10 Å². The molecule has 1 saturated heterocycles. The molecule has 0 bridgehead atoms. The van der Waals surface area contributed by atoms with Crippen molar-refractivity contribution in [2.24, 2.45) is 5.73 Å². The van der Waals surface area contributed by atoms with Crippen LogP contribution in [0.1, 0.15) is 38.2 Å². The summed E-state index contributed by atoms with van der Waals surface area (Å²) in [6.45, 7) is 1.59. The number of carboxylic acids is 2. The van der Waals surface area contributed by atoms with E-state index in [4.69, 9.17) is 10.8 Å². The van der Waals surface area contributed by atoms with Crippen LogP contribution in [0, 0.1) is 0 Å². The second kappa shape index (κ2) is 12.5. The van der Waals surface area contributed by atoms with Crippen molar-refractivity contribution in [1.82, 2.24) is 20.5 Å². The number of carboxylic acid groups (broad SMARTS) is 2. The molecule has 0 aliphatic carbocycles. The smallest absolute Gasteiger partial charge is 0.326 e. The number of aliphatic hydroxyl groups excluding tert-OH is 1. The van der Waals surface area contributed by atoms with E-state index in [1.165, 1.54) is 11.8 Å². The maximum absolute atomic E-state index is 13.1. The van der Waals surface area contributed by atoms with Gasteiger partial charge >= 0.3 is 11.9 Å². The van der Waals surface area contributed by atoms with Crippen molar-refractivity contribution < 1.29 is 39.3 Å². The summed E-state index contributed by atoms with van der Waals surface area (Å²) < 4.78 is 0. The van der Waals surface area contributed by atoms with Crippen LogP contribution in [0.15, 0.2) is 30.5 Å². The summed E-state index contributed by atoms with van der Waals surface area (Å²) in [4.78, 5) is 66.2. The predicted octanol–water partition coefficient (Wildman–Crippen LogP) is -0.671. The van der Waals surface area contributed by atoms with Crippen molar-refractivity contribution in [3.63, 3.8) is 0 Å². The number of likely N-dealkylation sites (tertiary alicyclic amines) is 1. The molecule has 2 heterocycles. The number of fused-ring (bicyclic) bond motifs is 1. The van der Waals surface area contributed by atoms with Gasteiger partial charge in [0.1, 0.15) is 24.2 Å². The minimum Gasteiger partial charge on any atom is -0.481 e. The summed E-state index contributed by atoms with van der Waals surface area (Å²) in [6.07, 6.45) is 0.501. The number of rotatable bonds is 12. The SMILES string of the molecule is CC(O)C(N)C(=O)N1CCCC1C(=O)NC(CCC(=O)O)C(=O)NC(Cc1c[nH]c2ccccc12)C(=O)O. The number of nitrogens with one attached hydrogen (secondary N) is 3. The van der Waals surface area contributed by atoms with Crippen molar-refractivity contribution >= 4 is 40.6 Å². The van der Waals surface area contributed by atoms with Gasteiger partial charge in [0.2, 0.25) is 17.7 Å². The highest BCUT2D eigenvalue weighted by molar-refractivity contribution is 5.95. The number of aliphatic carboxylic acids is 2. The first-order chi connectivity index (χ1) is 18.0. The van der Waals surface area contributed by atoms with E-state index < -0.39 is 66.4 Å². The number of aromatic nitrogens is 1. The molecule has 1 aliphatic heterocycles. The molecule has 38 heavy (non-hydrogen) atoms. The number of amides is 3. The van der Waals surface area contributed by atoms with E-state index in [1.54, 1.807) is 12.3 Å². The molecule has 206 valence electrons. The lowest BCUT2D eigenvalue weighted by molar-refractivity contribution is -0.144. The highest BCUT2D eigenvalue weighted by Gasteiger charge is 2.39. The number of aromatic amines is 1. The van der Waals surface area contributed by atoms with Crippen LogP contribution >= 0.6 is 0 Å². The summed E-state index contributed by atoms with van der Waals surface area (Å²) in [6, 6.07) is 2.38. The zero-order valence-corrected chi connectivity index (χ0v) is 20.9. The Morgan fingerprint density at radius 2 is 1.84 bits per heavy atom. The molecule has 0 radical (unpaired) electrons. The average molecular weight is 532 g/mol. The maximum atomic E-state index is 13.1. The number of para-hydroxylation sites is 1. The summed E-state index contributed by atoms with van der Waals surface area (Å²) in [7, 11) is 0. The number of H-pyrrole nitrogens is 1. The Morgan fingerprint density at radius 1 is 1.13 bits per heavy atom. The minimum atomic E-state index is -1.36. The summed E-state index contributed by atoms with van der Waals surface area (Å²) in [5, 5.41) is 34.2. The minimum absolute atomic E-state index is 0.0488. The number of nitrogens with two attached hydrogens (primary N) is 1. The summed E-state index contributed by atoms with van der Waals surface area (Å²) in [5.74, 6) is -4.67. The number of aliphatic hydroxyl groups is 1. The van der Waals surface area contributed by atoms with Crippen molar-refractivity contribution in [3.05, 3.63) is 36.0 Å². The van der Waals surface area contributed by atoms with Crippen molar-refractivity contribution in [2.75, 3.05) is 6.54 Å². The first-order valence-electron chi connectivity index (χ1n) is 12.3. The molecule has 5 atom stereocenters. The monoisotopic (exact) mass is 531 g/mol. The fraction of sp³-hybridized carbons (Fsp3) is 0.480. The molecule has 13 heteroatoms. The van der Waals surface area contributed by atoms with Gasteiger partial charge in [-0.1, -0.05) is 18.2 Å². The van der Waals surface area contributed by atoms with E-state index in [0.29, 0.717) is 12.0 Å². The largest absolute Gasteiger partial charge is 0.481 e. The highest BCUT2D eigenvalue weighted by Crippen LogP contribution is 2.21. The molecule has 1 aromatic carbocycles. The molecule has 3 amide bonds. The molecule has 1 fully saturated rings. The van der Waals surface area contributed by atoms with Crippen LogP contribution in [-0.2, 0) is 30.4 Å². The maximum Gasteiger partial charge on any atom is 0.326 e. The molecule has 2 aromatic rings. The molecular formula is C25H33N5O8. The quantitative estimate of drug-likeness (QED) is 0.184. The number of carbonyl (C=O) groups excluding carboxylic acids is 3. The lowest BCUT2D eigenvalue weighted by Crippen LogP contribution is -2.57.